The monoisotopic (exact) mass is 336 g/mol. The van der Waals surface area contributed by atoms with Crippen LogP contribution in [-0.2, 0) is 0 Å². The van der Waals surface area contributed by atoms with Crippen molar-refractivity contribution in [2.45, 2.75) is 110 Å². The van der Waals surface area contributed by atoms with E-state index in [2.05, 4.69) is 20.8 Å². The van der Waals surface area contributed by atoms with Gasteiger partial charge in [0.25, 0.3) is 0 Å². The van der Waals surface area contributed by atoms with Crippen LogP contribution in [0.25, 0.3) is 0 Å². The Bertz CT molecular complexity index is 392. The molecule has 0 bridgehead atoms. The molecular formula is C22H40O2. The maximum absolute atomic E-state index is 9.82. The van der Waals surface area contributed by atoms with Crippen LogP contribution in [-0.4, -0.2) is 22.4 Å². The van der Waals surface area contributed by atoms with Crippen LogP contribution in [0.3, 0.4) is 0 Å². The second kappa shape index (κ2) is 7.27. The molecule has 0 amide bonds. The van der Waals surface area contributed by atoms with Gasteiger partial charge in [0.05, 0.1) is 12.2 Å². The maximum Gasteiger partial charge on any atom is 0.0540 e. The summed E-state index contributed by atoms with van der Waals surface area (Å²) >= 11 is 0. The highest BCUT2D eigenvalue weighted by molar-refractivity contribution is 4.95. The van der Waals surface area contributed by atoms with Gasteiger partial charge >= 0.3 is 0 Å². The molecule has 0 aromatic carbocycles. The minimum absolute atomic E-state index is 0.0261. The summed E-state index contributed by atoms with van der Waals surface area (Å²) in [7, 11) is 0. The minimum atomic E-state index is -0.0339. The zero-order valence-corrected chi connectivity index (χ0v) is 16.3. The quantitative estimate of drug-likeness (QED) is 0.733. The summed E-state index contributed by atoms with van der Waals surface area (Å²) in [5.41, 5.74) is 0.958. The first kappa shape index (κ1) is 18.7. The highest BCUT2D eigenvalue weighted by Crippen LogP contribution is 2.55. The molecule has 2 N–H and O–H groups in total. The highest BCUT2D eigenvalue weighted by Gasteiger charge is 2.45. The van der Waals surface area contributed by atoms with Crippen molar-refractivity contribution >= 4 is 0 Å². The van der Waals surface area contributed by atoms with E-state index in [1.54, 1.807) is 0 Å². The third-order valence-electron chi connectivity index (χ3n) is 8.61. The molecule has 0 radical (unpaired) electrons. The number of hydrogen-bond donors (Lipinski definition) is 2. The number of aliphatic hydroxyl groups is 2. The molecule has 2 heteroatoms. The Kier molecular flexibility index (Phi) is 5.67. The van der Waals surface area contributed by atoms with E-state index in [1.165, 1.54) is 51.4 Å². The molecule has 3 fully saturated rings. The van der Waals surface area contributed by atoms with Crippen LogP contribution in [0.5, 0.6) is 0 Å². The Morgan fingerprint density at radius 1 is 0.667 bits per heavy atom. The van der Waals surface area contributed by atoms with Crippen LogP contribution >= 0.6 is 0 Å². The van der Waals surface area contributed by atoms with Gasteiger partial charge in [0.15, 0.2) is 0 Å². The fourth-order valence-corrected chi connectivity index (χ4v) is 6.36. The highest BCUT2D eigenvalue weighted by atomic mass is 16.3. The van der Waals surface area contributed by atoms with E-state index < -0.39 is 0 Å². The fraction of sp³-hybridized carbons (Fsp3) is 1.00. The van der Waals surface area contributed by atoms with E-state index >= 15 is 0 Å². The summed E-state index contributed by atoms with van der Waals surface area (Å²) < 4.78 is 0. The first-order chi connectivity index (χ1) is 11.3. The maximum atomic E-state index is 9.82. The summed E-state index contributed by atoms with van der Waals surface area (Å²) in [5.74, 6) is 2.51. The Morgan fingerprint density at radius 3 is 1.58 bits per heavy atom. The van der Waals surface area contributed by atoms with Gasteiger partial charge in [-0.25, -0.2) is 0 Å². The van der Waals surface area contributed by atoms with Gasteiger partial charge in [-0.05, 0) is 106 Å². The van der Waals surface area contributed by atoms with Gasteiger partial charge in [-0.1, -0.05) is 20.8 Å². The lowest BCUT2D eigenvalue weighted by atomic mass is 9.55. The van der Waals surface area contributed by atoms with Crippen molar-refractivity contribution in [3.63, 3.8) is 0 Å². The molecule has 140 valence electrons. The van der Waals surface area contributed by atoms with Gasteiger partial charge < -0.3 is 10.2 Å². The van der Waals surface area contributed by atoms with Gasteiger partial charge in [0, 0.05) is 0 Å². The zero-order chi connectivity index (χ0) is 17.4. The van der Waals surface area contributed by atoms with Crippen molar-refractivity contribution in [3.05, 3.63) is 0 Å². The second-order valence-electron chi connectivity index (χ2n) is 10.3. The lowest BCUT2D eigenvalue weighted by molar-refractivity contribution is -0.0207. The first-order valence-electron chi connectivity index (χ1n) is 10.7. The number of rotatable bonds is 3. The number of aliphatic hydroxyl groups excluding tert-OH is 2. The normalized spacial score (nSPS) is 45.1. The number of hydrogen-bond acceptors (Lipinski definition) is 2. The van der Waals surface area contributed by atoms with Gasteiger partial charge in [-0.15, -0.1) is 0 Å². The predicted octanol–water partition coefficient (Wildman–Crippen LogP) is 5.31. The average Bonchev–Trinajstić information content (AvgIpc) is 2.56. The van der Waals surface area contributed by atoms with Crippen molar-refractivity contribution in [1.29, 1.82) is 0 Å². The summed E-state index contributed by atoms with van der Waals surface area (Å²) in [4.78, 5) is 0. The summed E-state index contributed by atoms with van der Waals surface area (Å²) in [6.07, 6.45) is 14.5. The minimum Gasteiger partial charge on any atom is -0.393 e. The zero-order valence-electron chi connectivity index (χ0n) is 16.3. The molecule has 0 saturated heterocycles. The van der Waals surface area contributed by atoms with Crippen LogP contribution in [0.15, 0.2) is 0 Å². The molecule has 2 nitrogen and oxygen atoms in total. The van der Waals surface area contributed by atoms with E-state index in [9.17, 15) is 10.2 Å². The van der Waals surface area contributed by atoms with Crippen molar-refractivity contribution in [2.75, 3.05) is 0 Å². The third-order valence-corrected chi connectivity index (χ3v) is 8.61. The standard InChI is InChI=1S/C22H40O2/c1-21(2,16-4-8-19(23)9-5-16)17-12-14-22(3,15-13-17)18-6-10-20(24)11-7-18/h16-20,23-24H,4-15H2,1-3H3. The van der Waals surface area contributed by atoms with Crippen molar-refractivity contribution < 1.29 is 10.2 Å². The summed E-state index contributed by atoms with van der Waals surface area (Å²) in [6.45, 7) is 7.56. The van der Waals surface area contributed by atoms with Crippen LogP contribution in [0.2, 0.25) is 0 Å². The topological polar surface area (TPSA) is 40.5 Å². The molecule has 0 heterocycles. The summed E-state index contributed by atoms with van der Waals surface area (Å²) in [6, 6.07) is 0. The van der Waals surface area contributed by atoms with Crippen molar-refractivity contribution in [2.24, 2.45) is 28.6 Å². The van der Waals surface area contributed by atoms with Gasteiger partial charge in [-0.3, -0.25) is 0 Å². The molecule has 3 rings (SSSR count). The largest absolute Gasteiger partial charge is 0.393 e. The molecule has 0 aliphatic heterocycles. The van der Waals surface area contributed by atoms with Gasteiger partial charge in [-0.2, -0.15) is 0 Å². The second-order valence-corrected chi connectivity index (χ2v) is 10.3. The third kappa shape index (κ3) is 3.85. The lowest BCUT2D eigenvalue weighted by Crippen LogP contribution is -2.41. The Hall–Kier alpha value is -0.0800. The van der Waals surface area contributed by atoms with Crippen LogP contribution in [0.4, 0.5) is 0 Å². The van der Waals surface area contributed by atoms with Crippen molar-refractivity contribution in [1.82, 2.24) is 0 Å². The Balaban J connectivity index is 1.55. The van der Waals surface area contributed by atoms with Crippen LogP contribution < -0.4 is 0 Å². The van der Waals surface area contributed by atoms with Gasteiger partial charge in [0.2, 0.25) is 0 Å². The first-order valence-corrected chi connectivity index (χ1v) is 10.7. The molecule has 24 heavy (non-hydrogen) atoms. The van der Waals surface area contributed by atoms with Crippen LogP contribution in [0, 0.1) is 28.6 Å². The predicted molar refractivity (Wildman–Crippen MR) is 99.8 cm³/mol. The van der Waals surface area contributed by atoms with E-state index in [1.807, 2.05) is 0 Å². The van der Waals surface area contributed by atoms with Gasteiger partial charge in [0.1, 0.15) is 0 Å². The molecular weight excluding hydrogens is 296 g/mol. The Labute approximate surface area is 149 Å². The van der Waals surface area contributed by atoms with E-state index in [-0.39, 0.29) is 12.2 Å². The average molecular weight is 337 g/mol. The van der Waals surface area contributed by atoms with Crippen molar-refractivity contribution in [3.8, 4) is 0 Å². The molecule has 0 spiro atoms. The molecule has 0 aromatic rings. The lowest BCUT2D eigenvalue weighted by Gasteiger charge is -2.51. The molecule has 3 aliphatic carbocycles. The summed E-state index contributed by atoms with van der Waals surface area (Å²) in [5, 5.41) is 19.6. The molecule has 3 saturated carbocycles. The van der Waals surface area contributed by atoms with E-state index in [4.69, 9.17) is 0 Å². The van der Waals surface area contributed by atoms with Crippen LogP contribution in [0.1, 0.15) is 97.8 Å². The molecule has 0 aromatic heterocycles. The molecule has 0 atom stereocenters. The molecule has 0 unspecified atom stereocenters. The smallest absolute Gasteiger partial charge is 0.0540 e. The molecule has 3 aliphatic rings. The van der Waals surface area contributed by atoms with E-state index in [0.29, 0.717) is 10.8 Å². The van der Waals surface area contributed by atoms with E-state index in [0.717, 1.165) is 43.4 Å². The Morgan fingerprint density at radius 2 is 1.08 bits per heavy atom. The fourth-order valence-electron chi connectivity index (χ4n) is 6.36. The SMILES string of the molecule is CC1(C2CCC(O)CC2)CCC(C(C)(C)C2CCC(O)CC2)CC1.